The molecular formula is C9H14Cl2N6. The van der Waals surface area contributed by atoms with Gasteiger partial charge in [0, 0.05) is 0 Å². The molecule has 0 amide bonds. The SMILES string of the molecule is Cl.Cl.N=C(N)C(N=Nc1ccccc1)C(=N)N. The van der Waals surface area contributed by atoms with Crippen molar-refractivity contribution in [3.63, 3.8) is 0 Å². The standard InChI is InChI=1S/C9H12N6.2ClH/c10-8(11)7(9(12)13)15-14-6-4-2-1-3-5-6;;/h1-5,7H,(H3,10,11)(H3,12,13);2*1H. The first-order chi connectivity index (χ1) is 7.11. The van der Waals surface area contributed by atoms with Crippen LogP contribution >= 0.6 is 24.8 Å². The molecule has 0 aliphatic carbocycles. The van der Waals surface area contributed by atoms with E-state index in [-0.39, 0.29) is 36.5 Å². The lowest BCUT2D eigenvalue weighted by Crippen LogP contribution is -2.37. The summed E-state index contributed by atoms with van der Waals surface area (Å²) in [6, 6.07) is 8.01. The fourth-order valence-electron chi connectivity index (χ4n) is 0.911. The van der Waals surface area contributed by atoms with Crippen LogP contribution in [0.1, 0.15) is 0 Å². The molecule has 17 heavy (non-hydrogen) atoms. The van der Waals surface area contributed by atoms with Crippen LogP contribution in [0.15, 0.2) is 40.6 Å². The van der Waals surface area contributed by atoms with Gasteiger partial charge in [0.25, 0.3) is 0 Å². The minimum Gasteiger partial charge on any atom is -0.385 e. The Hall–Kier alpha value is -1.66. The van der Waals surface area contributed by atoms with E-state index in [2.05, 4.69) is 10.2 Å². The highest BCUT2D eigenvalue weighted by Gasteiger charge is 2.13. The summed E-state index contributed by atoms with van der Waals surface area (Å²) in [4.78, 5) is 0. The van der Waals surface area contributed by atoms with Crippen LogP contribution < -0.4 is 11.5 Å². The molecule has 1 aromatic rings. The molecule has 0 aliphatic heterocycles. The van der Waals surface area contributed by atoms with Crippen LogP contribution in [0.3, 0.4) is 0 Å². The third kappa shape index (κ3) is 5.84. The van der Waals surface area contributed by atoms with E-state index in [9.17, 15) is 0 Å². The highest BCUT2D eigenvalue weighted by molar-refractivity contribution is 6.05. The zero-order chi connectivity index (χ0) is 11.3. The van der Waals surface area contributed by atoms with Gasteiger partial charge in [0.2, 0.25) is 0 Å². The molecule has 0 saturated heterocycles. The average molecular weight is 277 g/mol. The lowest BCUT2D eigenvalue weighted by Gasteiger charge is -2.05. The molecule has 94 valence electrons. The van der Waals surface area contributed by atoms with Crippen LogP contribution in [0, 0.1) is 10.8 Å². The molecule has 1 aromatic carbocycles. The van der Waals surface area contributed by atoms with E-state index in [4.69, 9.17) is 22.3 Å². The number of halogens is 2. The number of hydrogen-bond donors (Lipinski definition) is 4. The van der Waals surface area contributed by atoms with Gasteiger partial charge in [-0.15, -0.1) is 24.8 Å². The van der Waals surface area contributed by atoms with Gasteiger partial charge in [0.05, 0.1) is 5.69 Å². The normalized spacial score (nSPS) is 11.1. The summed E-state index contributed by atoms with van der Waals surface area (Å²) in [6.45, 7) is 0. The summed E-state index contributed by atoms with van der Waals surface area (Å²) in [5.41, 5.74) is 11.1. The van der Waals surface area contributed by atoms with E-state index >= 15 is 0 Å². The number of benzene rings is 1. The molecule has 0 aliphatic rings. The van der Waals surface area contributed by atoms with Crippen LogP contribution in [-0.4, -0.2) is 17.7 Å². The number of nitrogens with one attached hydrogen (secondary N) is 2. The summed E-state index contributed by atoms with van der Waals surface area (Å²) in [5.74, 6) is -0.579. The van der Waals surface area contributed by atoms with Gasteiger partial charge in [-0.25, -0.2) is 0 Å². The molecule has 1 rings (SSSR count). The van der Waals surface area contributed by atoms with Gasteiger partial charge in [-0.1, -0.05) is 18.2 Å². The molecule has 0 saturated carbocycles. The van der Waals surface area contributed by atoms with E-state index in [1.807, 2.05) is 18.2 Å². The Morgan fingerprint density at radius 3 is 1.88 bits per heavy atom. The lowest BCUT2D eigenvalue weighted by molar-refractivity contribution is 0.965. The second kappa shape index (κ2) is 8.49. The van der Waals surface area contributed by atoms with Crippen molar-refractivity contribution in [2.45, 2.75) is 6.04 Å². The van der Waals surface area contributed by atoms with Crippen LogP contribution in [0.5, 0.6) is 0 Å². The van der Waals surface area contributed by atoms with E-state index in [1.165, 1.54) is 0 Å². The Kier molecular flexibility index (Phi) is 8.85. The van der Waals surface area contributed by atoms with Crippen molar-refractivity contribution in [2.24, 2.45) is 21.7 Å². The first kappa shape index (κ1) is 17.7. The van der Waals surface area contributed by atoms with Crippen LogP contribution in [0.4, 0.5) is 5.69 Å². The molecule has 6 N–H and O–H groups in total. The van der Waals surface area contributed by atoms with Crippen LogP contribution in [0.25, 0.3) is 0 Å². The second-order valence-electron chi connectivity index (χ2n) is 2.86. The molecule has 0 radical (unpaired) electrons. The highest BCUT2D eigenvalue weighted by atomic mass is 35.5. The van der Waals surface area contributed by atoms with Gasteiger partial charge in [0.15, 0.2) is 6.04 Å². The Balaban J connectivity index is 0. The number of rotatable bonds is 4. The molecule has 0 heterocycles. The second-order valence-corrected chi connectivity index (χ2v) is 2.86. The highest BCUT2D eigenvalue weighted by Crippen LogP contribution is 2.10. The fraction of sp³-hybridized carbons (Fsp3) is 0.111. The summed E-state index contributed by atoms with van der Waals surface area (Å²) < 4.78 is 0. The average Bonchev–Trinajstić information content (AvgIpc) is 2.18. The maximum absolute atomic E-state index is 7.15. The molecule has 6 nitrogen and oxygen atoms in total. The predicted molar refractivity (Wildman–Crippen MR) is 73.1 cm³/mol. The largest absolute Gasteiger partial charge is 0.385 e. The summed E-state index contributed by atoms with van der Waals surface area (Å²) >= 11 is 0. The number of nitrogens with zero attached hydrogens (tertiary/aromatic N) is 2. The molecule has 0 atom stereocenters. The van der Waals surface area contributed by atoms with Crippen LogP contribution in [0.2, 0.25) is 0 Å². The van der Waals surface area contributed by atoms with Crippen molar-refractivity contribution in [1.82, 2.24) is 0 Å². The minimum absolute atomic E-state index is 0. The van der Waals surface area contributed by atoms with Crippen molar-refractivity contribution >= 4 is 42.2 Å². The topological polar surface area (TPSA) is 124 Å². The zero-order valence-electron chi connectivity index (χ0n) is 8.83. The first-order valence-corrected chi connectivity index (χ1v) is 4.25. The molecular weight excluding hydrogens is 263 g/mol. The zero-order valence-corrected chi connectivity index (χ0v) is 10.5. The monoisotopic (exact) mass is 276 g/mol. The molecule has 8 heteroatoms. The number of hydrogen-bond acceptors (Lipinski definition) is 4. The minimum atomic E-state index is -0.967. The third-order valence-electron chi connectivity index (χ3n) is 1.63. The molecule has 0 unspecified atom stereocenters. The van der Waals surface area contributed by atoms with Gasteiger partial charge in [-0.05, 0) is 12.1 Å². The number of nitrogens with two attached hydrogens (primary N) is 2. The Morgan fingerprint density at radius 1 is 1.00 bits per heavy atom. The van der Waals surface area contributed by atoms with Crippen molar-refractivity contribution in [1.29, 1.82) is 10.8 Å². The first-order valence-electron chi connectivity index (χ1n) is 4.25. The van der Waals surface area contributed by atoms with E-state index < -0.39 is 6.04 Å². The van der Waals surface area contributed by atoms with Crippen molar-refractivity contribution in [3.05, 3.63) is 30.3 Å². The van der Waals surface area contributed by atoms with Gasteiger partial charge in [-0.2, -0.15) is 10.2 Å². The van der Waals surface area contributed by atoms with Gasteiger partial charge in [0.1, 0.15) is 11.7 Å². The van der Waals surface area contributed by atoms with Crippen molar-refractivity contribution in [2.75, 3.05) is 0 Å². The maximum Gasteiger partial charge on any atom is 0.184 e. The quantitative estimate of drug-likeness (QED) is 0.381. The van der Waals surface area contributed by atoms with Gasteiger partial charge in [-0.3, -0.25) is 10.8 Å². The summed E-state index contributed by atoms with van der Waals surface area (Å²) in [7, 11) is 0. The van der Waals surface area contributed by atoms with E-state index in [0.717, 1.165) is 0 Å². The molecule has 0 bridgehead atoms. The van der Waals surface area contributed by atoms with Crippen molar-refractivity contribution < 1.29 is 0 Å². The van der Waals surface area contributed by atoms with Gasteiger partial charge < -0.3 is 11.5 Å². The molecule has 0 fully saturated rings. The number of azo groups is 1. The number of amidine groups is 2. The third-order valence-corrected chi connectivity index (χ3v) is 1.63. The Labute approximate surface area is 111 Å². The smallest absolute Gasteiger partial charge is 0.184 e. The van der Waals surface area contributed by atoms with E-state index in [0.29, 0.717) is 5.69 Å². The van der Waals surface area contributed by atoms with Crippen LogP contribution in [-0.2, 0) is 0 Å². The van der Waals surface area contributed by atoms with E-state index in [1.54, 1.807) is 12.1 Å². The molecule has 0 spiro atoms. The Bertz CT molecular complexity index is 378. The lowest BCUT2D eigenvalue weighted by atomic mass is 10.3. The summed E-state index contributed by atoms with van der Waals surface area (Å²) in [5, 5.41) is 21.9. The van der Waals surface area contributed by atoms with Gasteiger partial charge >= 0.3 is 0 Å². The van der Waals surface area contributed by atoms with Crippen molar-refractivity contribution in [3.8, 4) is 0 Å². The fourth-order valence-corrected chi connectivity index (χ4v) is 0.911. The predicted octanol–water partition coefficient (Wildman–Crippen LogP) is 1.85. The maximum atomic E-state index is 7.15. The summed E-state index contributed by atoms with van der Waals surface area (Å²) in [6.07, 6.45) is 0. The molecule has 0 aromatic heterocycles. The Morgan fingerprint density at radius 2 is 1.47 bits per heavy atom.